The standard InChI is InChI=1S/C15H21N3O3/c1-11-15(20)17-14(19)10-18(11)7-4-8-21-13-6-3-2-5-12(13)9-16/h2-3,5-6,11H,4,7-10,16H2,1H3,(H,17,19,20). The third-order valence-corrected chi connectivity index (χ3v) is 3.58. The van der Waals surface area contributed by atoms with Crippen molar-refractivity contribution >= 4 is 11.8 Å². The van der Waals surface area contributed by atoms with E-state index in [4.69, 9.17) is 10.5 Å². The van der Waals surface area contributed by atoms with Gasteiger partial charge in [-0.2, -0.15) is 0 Å². The summed E-state index contributed by atoms with van der Waals surface area (Å²) in [7, 11) is 0. The summed E-state index contributed by atoms with van der Waals surface area (Å²) in [6.07, 6.45) is 0.740. The fourth-order valence-electron chi connectivity index (χ4n) is 2.30. The Morgan fingerprint density at radius 1 is 1.38 bits per heavy atom. The summed E-state index contributed by atoms with van der Waals surface area (Å²) >= 11 is 0. The first kappa shape index (κ1) is 15.5. The molecule has 1 aromatic rings. The van der Waals surface area contributed by atoms with E-state index in [1.807, 2.05) is 29.2 Å². The molecule has 3 N–H and O–H groups in total. The van der Waals surface area contributed by atoms with E-state index in [0.717, 1.165) is 17.7 Å². The Kier molecular flexibility index (Phi) is 5.30. The monoisotopic (exact) mass is 291 g/mol. The maximum atomic E-state index is 11.5. The summed E-state index contributed by atoms with van der Waals surface area (Å²) < 4.78 is 5.72. The lowest BCUT2D eigenvalue weighted by Crippen LogP contribution is -2.57. The molecule has 0 radical (unpaired) electrons. The van der Waals surface area contributed by atoms with E-state index in [-0.39, 0.29) is 24.4 Å². The van der Waals surface area contributed by atoms with Crippen LogP contribution in [0.25, 0.3) is 0 Å². The van der Waals surface area contributed by atoms with Crippen LogP contribution in [0.5, 0.6) is 5.75 Å². The molecule has 1 fully saturated rings. The molecule has 0 bridgehead atoms. The average Bonchev–Trinajstić information content (AvgIpc) is 2.48. The van der Waals surface area contributed by atoms with Gasteiger partial charge in [0.05, 0.1) is 19.2 Å². The molecule has 1 atom stereocenters. The predicted molar refractivity (Wildman–Crippen MR) is 78.6 cm³/mol. The summed E-state index contributed by atoms with van der Waals surface area (Å²) in [5, 5.41) is 2.33. The van der Waals surface area contributed by atoms with Crippen LogP contribution in [-0.4, -0.2) is 42.5 Å². The molecule has 2 amide bonds. The van der Waals surface area contributed by atoms with E-state index in [9.17, 15) is 9.59 Å². The Hall–Kier alpha value is -1.92. The van der Waals surface area contributed by atoms with Crippen molar-refractivity contribution in [2.75, 3.05) is 19.7 Å². The second-order valence-corrected chi connectivity index (χ2v) is 5.07. The van der Waals surface area contributed by atoms with E-state index in [2.05, 4.69) is 5.32 Å². The number of carbonyl (C=O) groups is 2. The van der Waals surface area contributed by atoms with Crippen molar-refractivity contribution in [3.8, 4) is 5.75 Å². The second-order valence-electron chi connectivity index (χ2n) is 5.07. The van der Waals surface area contributed by atoms with Gasteiger partial charge >= 0.3 is 0 Å². The summed E-state index contributed by atoms with van der Waals surface area (Å²) in [4.78, 5) is 24.7. The number of para-hydroxylation sites is 1. The van der Waals surface area contributed by atoms with Crippen molar-refractivity contribution in [2.24, 2.45) is 5.73 Å². The first-order valence-corrected chi connectivity index (χ1v) is 7.10. The number of nitrogens with one attached hydrogen (secondary N) is 1. The van der Waals surface area contributed by atoms with Gasteiger partial charge in [-0.05, 0) is 19.4 Å². The van der Waals surface area contributed by atoms with Crippen LogP contribution in [0.4, 0.5) is 0 Å². The van der Waals surface area contributed by atoms with Crippen molar-refractivity contribution in [1.82, 2.24) is 10.2 Å². The number of benzene rings is 1. The smallest absolute Gasteiger partial charge is 0.243 e. The van der Waals surface area contributed by atoms with Crippen molar-refractivity contribution in [3.63, 3.8) is 0 Å². The molecule has 21 heavy (non-hydrogen) atoms. The van der Waals surface area contributed by atoms with Crippen LogP contribution in [0.3, 0.4) is 0 Å². The normalized spacial score (nSPS) is 19.4. The first-order valence-electron chi connectivity index (χ1n) is 7.10. The van der Waals surface area contributed by atoms with E-state index < -0.39 is 0 Å². The van der Waals surface area contributed by atoms with Gasteiger partial charge in [-0.3, -0.25) is 19.8 Å². The number of nitrogens with two attached hydrogens (primary N) is 1. The Morgan fingerprint density at radius 3 is 2.90 bits per heavy atom. The van der Waals surface area contributed by atoms with E-state index >= 15 is 0 Å². The van der Waals surface area contributed by atoms with Crippen LogP contribution < -0.4 is 15.8 Å². The zero-order chi connectivity index (χ0) is 15.2. The van der Waals surface area contributed by atoms with Gasteiger partial charge in [-0.15, -0.1) is 0 Å². The van der Waals surface area contributed by atoms with Gasteiger partial charge in [0.15, 0.2) is 0 Å². The van der Waals surface area contributed by atoms with Crippen LogP contribution >= 0.6 is 0 Å². The Morgan fingerprint density at radius 2 is 2.14 bits per heavy atom. The Balaban J connectivity index is 1.79. The SMILES string of the molecule is CC1C(=O)NC(=O)CN1CCCOc1ccccc1CN. The second kappa shape index (κ2) is 7.19. The molecule has 0 aromatic heterocycles. The van der Waals surface area contributed by atoms with Gasteiger partial charge in [0.25, 0.3) is 0 Å². The molecule has 1 aliphatic rings. The minimum absolute atomic E-state index is 0.236. The van der Waals surface area contributed by atoms with Crippen LogP contribution in [-0.2, 0) is 16.1 Å². The average molecular weight is 291 g/mol. The fraction of sp³-hybridized carbons (Fsp3) is 0.467. The quantitative estimate of drug-likeness (QED) is 0.580. The number of hydrogen-bond donors (Lipinski definition) is 2. The van der Waals surface area contributed by atoms with E-state index in [0.29, 0.717) is 19.7 Å². The zero-order valence-corrected chi connectivity index (χ0v) is 12.2. The highest BCUT2D eigenvalue weighted by molar-refractivity contribution is 6.00. The molecule has 6 nitrogen and oxygen atoms in total. The summed E-state index contributed by atoms with van der Waals surface area (Å²) in [6, 6.07) is 7.38. The molecule has 2 rings (SSSR count). The van der Waals surface area contributed by atoms with Crippen LogP contribution in [0.2, 0.25) is 0 Å². The number of nitrogens with zero attached hydrogens (tertiary/aromatic N) is 1. The number of rotatable bonds is 6. The van der Waals surface area contributed by atoms with Gasteiger partial charge in [0, 0.05) is 18.7 Å². The van der Waals surface area contributed by atoms with E-state index in [1.54, 1.807) is 6.92 Å². The molecule has 0 saturated carbocycles. The van der Waals surface area contributed by atoms with Crippen LogP contribution in [0, 0.1) is 0 Å². The van der Waals surface area contributed by atoms with Gasteiger partial charge in [0.2, 0.25) is 11.8 Å². The van der Waals surface area contributed by atoms with Crippen molar-refractivity contribution in [3.05, 3.63) is 29.8 Å². The number of hydrogen-bond acceptors (Lipinski definition) is 5. The van der Waals surface area contributed by atoms with Gasteiger partial charge in [-0.25, -0.2) is 0 Å². The summed E-state index contributed by atoms with van der Waals surface area (Å²) in [6.45, 7) is 3.66. The van der Waals surface area contributed by atoms with Crippen molar-refractivity contribution in [1.29, 1.82) is 0 Å². The lowest BCUT2D eigenvalue weighted by molar-refractivity contribution is -0.139. The van der Waals surface area contributed by atoms with Crippen molar-refractivity contribution in [2.45, 2.75) is 25.9 Å². The maximum Gasteiger partial charge on any atom is 0.243 e. The molecular weight excluding hydrogens is 270 g/mol. The molecule has 1 unspecified atom stereocenters. The maximum absolute atomic E-state index is 11.5. The van der Waals surface area contributed by atoms with Gasteiger partial charge in [0.1, 0.15) is 5.75 Å². The van der Waals surface area contributed by atoms with Crippen LogP contribution in [0.1, 0.15) is 18.9 Å². The fourth-order valence-corrected chi connectivity index (χ4v) is 2.30. The highest BCUT2D eigenvalue weighted by Crippen LogP contribution is 2.17. The minimum atomic E-state index is -0.279. The number of carbonyl (C=O) groups excluding carboxylic acids is 2. The molecule has 1 heterocycles. The predicted octanol–water partition coefficient (Wildman–Crippen LogP) is 0.261. The molecule has 6 heteroatoms. The number of imide groups is 1. The lowest BCUT2D eigenvalue weighted by Gasteiger charge is -2.31. The minimum Gasteiger partial charge on any atom is -0.493 e. The van der Waals surface area contributed by atoms with Crippen LogP contribution in [0.15, 0.2) is 24.3 Å². The number of amides is 2. The molecule has 1 aliphatic heterocycles. The van der Waals surface area contributed by atoms with Gasteiger partial charge in [-0.1, -0.05) is 18.2 Å². The molecule has 1 saturated heterocycles. The molecule has 114 valence electrons. The lowest BCUT2D eigenvalue weighted by atomic mass is 10.2. The Labute approximate surface area is 124 Å². The van der Waals surface area contributed by atoms with Crippen molar-refractivity contribution < 1.29 is 14.3 Å². The third-order valence-electron chi connectivity index (χ3n) is 3.58. The number of piperazine rings is 1. The molecule has 0 spiro atoms. The molecule has 1 aromatic carbocycles. The first-order chi connectivity index (χ1) is 10.1. The molecular formula is C15H21N3O3. The highest BCUT2D eigenvalue weighted by Gasteiger charge is 2.29. The topological polar surface area (TPSA) is 84.7 Å². The summed E-state index contributed by atoms with van der Waals surface area (Å²) in [5.41, 5.74) is 6.62. The highest BCUT2D eigenvalue weighted by atomic mass is 16.5. The third kappa shape index (κ3) is 4.03. The number of ether oxygens (including phenoxy) is 1. The van der Waals surface area contributed by atoms with Gasteiger partial charge < -0.3 is 10.5 Å². The summed E-state index contributed by atoms with van der Waals surface area (Å²) in [5.74, 6) is 0.314. The zero-order valence-electron chi connectivity index (χ0n) is 12.2. The largest absolute Gasteiger partial charge is 0.493 e. The van der Waals surface area contributed by atoms with E-state index in [1.165, 1.54) is 0 Å². The Bertz CT molecular complexity index is 519. The molecule has 0 aliphatic carbocycles.